The third-order valence-electron chi connectivity index (χ3n) is 5.05. The number of hydrogen-bond donors (Lipinski definition) is 2. The lowest BCUT2D eigenvalue weighted by Gasteiger charge is -2.25. The molecule has 0 spiro atoms. The van der Waals surface area contributed by atoms with E-state index in [1.54, 1.807) is 13.2 Å². The molecule has 1 aliphatic rings. The Bertz CT molecular complexity index is 1050. The summed E-state index contributed by atoms with van der Waals surface area (Å²) in [6, 6.07) is 11.5. The van der Waals surface area contributed by atoms with Crippen molar-refractivity contribution < 1.29 is 4.74 Å². The van der Waals surface area contributed by atoms with E-state index in [4.69, 9.17) is 44.4 Å². The molecule has 6 heteroatoms. The Kier molecular flexibility index (Phi) is 4.72. The van der Waals surface area contributed by atoms with Crippen LogP contribution in [-0.2, 0) is 19.4 Å². The first-order chi connectivity index (χ1) is 13.0. The molecule has 4 rings (SSSR count). The summed E-state index contributed by atoms with van der Waals surface area (Å²) in [5, 5.41) is 1.16. The fraction of sp³-hybridized carbons (Fsp3) is 0.190. The molecule has 0 radical (unpaired) electrons. The summed E-state index contributed by atoms with van der Waals surface area (Å²) in [4.78, 5) is 4.71. The summed E-state index contributed by atoms with van der Waals surface area (Å²) in [6.45, 7) is 0.283. The second-order valence-corrected chi connectivity index (χ2v) is 7.37. The number of nitrogen functional groups attached to an aromatic ring is 1. The van der Waals surface area contributed by atoms with Gasteiger partial charge in [-0.3, -0.25) is 0 Å². The van der Waals surface area contributed by atoms with E-state index in [0.29, 0.717) is 15.9 Å². The molecule has 1 aromatic heterocycles. The van der Waals surface area contributed by atoms with Crippen molar-refractivity contribution in [3.8, 4) is 28.1 Å². The number of benzene rings is 2. The predicted octanol–water partition coefficient (Wildman–Crippen LogP) is 4.87. The van der Waals surface area contributed by atoms with Crippen molar-refractivity contribution in [2.24, 2.45) is 5.73 Å². The molecule has 138 valence electrons. The van der Waals surface area contributed by atoms with Gasteiger partial charge in [0, 0.05) is 33.3 Å². The van der Waals surface area contributed by atoms with E-state index in [1.807, 2.05) is 24.3 Å². The summed E-state index contributed by atoms with van der Waals surface area (Å²) in [5.74, 6) is 1.21. The molecule has 2 aromatic carbocycles. The summed E-state index contributed by atoms with van der Waals surface area (Å²) in [6.07, 6.45) is 1.74. The van der Waals surface area contributed by atoms with E-state index in [2.05, 4.69) is 6.07 Å². The van der Waals surface area contributed by atoms with Gasteiger partial charge in [0.05, 0.1) is 12.8 Å². The number of aryl methyl sites for hydroxylation is 1. The van der Waals surface area contributed by atoms with Crippen LogP contribution in [0.2, 0.25) is 10.0 Å². The average molecular weight is 400 g/mol. The lowest BCUT2D eigenvalue weighted by molar-refractivity contribution is 0.415. The summed E-state index contributed by atoms with van der Waals surface area (Å²) in [5.41, 5.74) is 19.2. The molecule has 3 aromatic rings. The minimum atomic E-state index is 0.283. The molecule has 27 heavy (non-hydrogen) atoms. The van der Waals surface area contributed by atoms with Gasteiger partial charge in [0.2, 0.25) is 0 Å². The fourth-order valence-electron chi connectivity index (χ4n) is 3.75. The van der Waals surface area contributed by atoms with Gasteiger partial charge in [0.1, 0.15) is 11.6 Å². The van der Waals surface area contributed by atoms with E-state index >= 15 is 0 Å². The second-order valence-electron chi connectivity index (χ2n) is 6.53. The highest BCUT2D eigenvalue weighted by molar-refractivity contribution is 6.36. The maximum absolute atomic E-state index is 6.53. The second kappa shape index (κ2) is 7.04. The zero-order valence-corrected chi connectivity index (χ0v) is 16.4. The van der Waals surface area contributed by atoms with E-state index in [0.717, 1.165) is 52.1 Å². The van der Waals surface area contributed by atoms with Gasteiger partial charge in [0.25, 0.3) is 0 Å². The largest absolute Gasteiger partial charge is 0.497 e. The van der Waals surface area contributed by atoms with Gasteiger partial charge in [-0.1, -0.05) is 35.3 Å². The van der Waals surface area contributed by atoms with Crippen LogP contribution in [0.25, 0.3) is 22.4 Å². The number of hydrogen-bond acceptors (Lipinski definition) is 4. The molecule has 1 heterocycles. The van der Waals surface area contributed by atoms with Gasteiger partial charge in [0.15, 0.2) is 0 Å². The number of nitrogens with zero attached hydrogens (tertiary/aromatic N) is 1. The first-order valence-electron chi connectivity index (χ1n) is 8.67. The molecular weight excluding hydrogens is 381 g/mol. The van der Waals surface area contributed by atoms with E-state index in [1.165, 1.54) is 5.56 Å². The molecule has 0 atom stereocenters. The molecule has 0 aliphatic heterocycles. The van der Waals surface area contributed by atoms with Crippen LogP contribution in [0.4, 0.5) is 5.82 Å². The van der Waals surface area contributed by atoms with Crippen LogP contribution < -0.4 is 16.2 Å². The third-order valence-corrected chi connectivity index (χ3v) is 5.60. The minimum absolute atomic E-state index is 0.283. The number of rotatable bonds is 3. The van der Waals surface area contributed by atoms with Crippen molar-refractivity contribution in [2.45, 2.75) is 19.4 Å². The Balaban J connectivity index is 2.04. The summed E-state index contributed by atoms with van der Waals surface area (Å²) < 4.78 is 5.40. The molecule has 0 bridgehead atoms. The molecule has 0 fully saturated rings. The maximum atomic E-state index is 6.53. The Morgan fingerprint density at radius 3 is 2.59 bits per heavy atom. The van der Waals surface area contributed by atoms with Crippen molar-refractivity contribution >= 4 is 29.0 Å². The lowest BCUT2D eigenvalue weighted by atomic mass is 9.83. The normalized spacial score (nSPS) is 12.4. The first kappa shape index (κ1) is 18.1. The SMILES string of the molecule is COc1ccc2c(c1)-c1nc(N)c(CN)c(-c3ccc(Cl)cc3Cl)c1CC2. The number of ether oxygens (including phenoxy) is 1. The van der Waals surface area contributed by atoms with Crippen LogP contribution in [-0.4, -0.2) is 12.1 Å². The molecule has 0 saturated heterocycles. The highest BCUT2D eigenvalue weighted by Gasteiger charge is 2.26. The van der Waals surface area contributed by atoms with Crippen LogP contribution >= 0.6 is 23.2 Å². The summed E-state index contributed by atoms with van der Waals surface area (Å²) in [7, 11) is 1.66. The minimum Gasteiger partial charge on any atom is -0.497 e. The number of pyridine rings is 1. The molecular formula is C21H19Cl2N3O. The molecule has 4 N–H and O–H groups in total. The van der Waals surface area contributed by atoms with Crippen LogP contribution in [0.1, 0.15) is 16.7 Å². The van der Waals surface area contributed by atoms with E-state index < -0.39 is 0 Å². The smallest absolute Gasteiger partial charge is 0.129 e. The maximum Gasteiger partial charge on any atom is 0.129 e. The van der Waals surface area contributed by atoms with Crippen molar-refractivity contribution in [1.82, 2.24) is 4.98 Å². The molecule has 0 unspecified atom stereocenters. The van der Waals surface area contributed by atoms with Crippen LogP contribution in [0.15, 0.2) is 36.4 Å². The third kappa shape index (κ3) is 3.04. The molecule has 0 saturated carbocycles. The van der Waals surface area contributed by atoms with Crippen molar-refractivity contribution in [2.75, 3.05) is 12.8 Å². The van der Waals surface area contributed by atoms with Crippen LogP contribution in [0.5, 0.6) is 5.75 Å². The number of methoxy groups -OCH3 is 1. The molecule has 1 aliphatic carbocycles. The predicted molar refractivity (Wildman–Crippen MR) is 111 cm³/mol. The number of halogens is 2. The van der Waals surface area contributed by atoms with Gasteiger partial charge in [-0.2, -0.15) is 0 Å². The number of aromatic nitrogens is 1. The number of fused-ring (bicyclic) bond motifs is 3. The van der Waals surface area contributed by atoms with E-state index in [-0.39, 0.29) is 6.54 Å². The topological polar surface area (TPSA) is 74.2 Å². The lowest BCUT2D eigenvalue weighted by Crippen LogP contribution is -2.14. The van der Waals surface area contributed by atoms with Crippen molar-refractivity contribution in [3.63, 3.8) is 0 Å². The van der Waals surface area contributed by atoms with Crippen LogP contribution in [0, 0.1) is 0 Å². The zero-order valence-electron chi connectivity index (χ0n) is 14.9. The Morgan fingerprint density at radius 2 is 1.89 bits per heavy atom. The zero-order chi connectivity index (χ0) is 19.1. The Hall–Kier alpha value is -2.27. The highest BCUT2D eigenvalue weighted by atomic mass is 35.5. The van der Waals surface area contributed by atoms with Gasteiger partial charge >= 0.3 is 0 Å². The molecule has 0 amide bonds. The highest BCUT2D eigenvalue weighted by Crippen LogP contribution is 2.44. The summed E-state index contributed by atoms with van der Waals surface area (Å²) >= 11 is 12.6. The van der Waals surface area contributed by atoms with Crippen molar-refractivity contribution in [1.29, 1.82) is 0 Å². The number of nitrogens with two attached hydrogens (primary N) is 2. The average Bonchev–Trinajstić information content (AvgIpc) is 2.67. The van der Waals surface area contributed by atoms with Gasteiger partial charge in [-0.05, 0) is 53.8 Å². The fourth-order valence-corrected chi connectivity index (χ4v) is 4.26. The quantitative estimate of drug-likeness (QED) is 0.658. The van der Waals surface area contributed by atoms with E-state index in [9.17, 15) is 0 Å². The van der Waals surface area contributed by atoms with Crippen molar-refractivity contribution in [3.05, 3.63) is 63.1 Å². The first-order valence-corrected chi connectivity index (χ1v) is 9.43. The Labute approximate surface area is 168 Å². The standard InChI is InChI=1S/C21H19Cl2N3O/c1-27-13-5-2-11-3-6-15-19(14-7-4-12(22)8-18(14)23)17(10-24)21(25)26-20(15)16(11)9-13/h2,4-5,7-9H,3,6,10,24H2,1H3,(H2,25,26). The number of anilines is 1. The van der Waals surface area contributed by atoms with Gasteiger partial charge in [-0.25, -0.2) is 4.98 Å². The van der Waals surface area contributed by atoms with Crippen LogP contribution in [0.3, 0.4) is 0 Å². The monoisotopic (exact) mass is 399 g/mol. The molecule has 4 nitrogen and oxygen atoms in total. The van der Waals surface area contributed by atoms with Gasteiger partial charge in [-0.15, -0.1) is 0 Å². The Morgan fingerprint density at radius 1 is 1.07 bits per heavy atom. The van der Waals surface area contributed by atoms with Gasteiger partial charge < -0.3 is 16.2 Å².